The Morgan fingerprint density at radius 1 is 1.14 bits per heavy atom. The zero-order valence-electron chi connectivity index (χ0n) is 20.4. The number of nitrogens with one attached hydrogen (secondary N) is 3. The van der Waals surface area contributed by atoms with Gasteiger partial charge in [0.05, 0.1) is 12.1 Å². The molecule has 3 heterocycles. The van der Waals surface area contributed by atoms with E-state index in [1.54, 1.807) is 12.3 Å². The van der Waals surface area contributed by atoms with Crippen LogP contribution in [-0.4, -0.2) is 63.7 Å². The van der Waals surface area contributed by atoms with Crippen molar-refractivity contribution in [3.05, 3.63) is 53.9 Å². The Kier molecular flexibility index (Phi) is 7.00. The molecule has 0 atom stereocenters. The van der Waals surface area contributed by atoms with E-state index in [-0.39, 0.29) is 24.2 Å². The monoisotopic (exact) mass is 514 g/mol. The summed E-state index contributed by atoms with van der Waals surface area (Å²) in [6, 6.07) is 8.68. The average Bonchev–Trinajstić information content (AvgIpc) is 3.62. The molecule has 0 bridgehead atoms. The fraction of sp³-hybridized carbons (Fsp3) is 0.440. The number of carbonyl (C=O) groups is 1. The molecule has 12 heteroatoms. The normalized spacial score (nSPS) is 17.0. The molecule has 2 aromatic heterocycles. The molecule has 2 fully saturated rings. The van der Waals surface area contributed by atoms with Crippen LogP contribution in [0.4, 0.5) is 36.4 Å². The molecule has 0 spiro atoms. The molecule has 0 radical (unpaired) electrons. The lowest BCUT2D eigenvalue weighted by Gasteiger charge is -2.36. The Morgan fingerprint density at radius 3 is 2.65 bits per heavy atom. The first kappa shape index (κ1) is 25.0. The minimum atomic E-state index is -4.45. The summed E-state index contributed by atoms with van der Waals surface area (Å²) in [4.78, 5) is 25.5. The van der Waals surface area contributed by atoms with Crippen molar-refractivity contribution in [3.63, 3.8) is 0 Å². The van der Waals surface area contributed by atoms with Gasteiger partial charge in [0, 0.05) is 55.7 Å². The Hall–Kier alpha value is -3.67. The first-order valence-corrected chi connectivity index (χ1v) is 12.3. The summed E-state index contributed by atoms with van der Waals surface area (Å²) in [5.74, 6) is 2.24. The van der Waals surface area contributed by atoms with E-state index >= 15 is 0 Å². The third kappa shape index (κ3) is 6.37. The summed E-state index contributed by atoms with van der Waals surface area (Å²) in [5, 5.41) is 13.2. The first-order valence-electron chi connectivity index (χ1n) is 12.3. The molecule has 1 aromatic carbocycles. The third-order valence-electron chi connectivity index (χ3n) is 6.78. The van der Waals surface area contributed by atoms with Crippen molar-refractivity contribution in [1.29, 1.82) is 0 Å². The number of rotatable bonds is 8. The largest absolute Gasteiger partial charge is 0.416 e. The third-order valence-corrected chi connectivity index (χ3v) is 6.78. The van der Waals surface area contributed by atoms with Crippen molar-refractivity contribution in [2.45, 2.75) is 43.8 Å². The number of halogens is 3. The molecule has 1 amide bonds. The number of nitrogens with zero attached hydrogens (tertiary/aromatic N) is 5. The second kappa shape index (κ2) is 10.4. The van der Waals surface area contributed by atoms with Gasteiger partial charge in [0.25, 0.3) is 0 Å². The van der Waals surface area contributed by atoms with Gasteiger partial charge in [0.15, 0.2) is 5.82 Å². The standard InChI is InChI=1S/C25H29F3N8O/c1-35(24-29-10-7-21(32-24)31-22-14-20(33-34-22)16-5-6-16)19-8-11-36(12-9-19)15-23(37)30-18-4-2-3-17(13-18)25(26,27)28/h2-4,7,10,13-14,16,19H,5-6,8-9,11-12,15H2,1H3,(H,30,37)(H2,29,31,32,33,34). The fourth-order valence-corrected chi connectivity index (χ4v) is 4.53. The van der Waals surface area contributed by atoms with E-state index in [1.807, 2.05) is 22.9 Å². The van der Waals surface area contributed by atoms with Crippen LogP contribution in [0.1, 0.15) is 42.9 Å². The van der Waals surface area contributed by atoms with E-state index in [9.17, 15) is 18.0 Å². The zero-order valence-corrected chi connectivity index (χ0v) is 20.4. The smallest absolute Gasteiger partial charge is 0.341 e. The highest BCUT2D eigenvalue weighted by atomic mass is 19.4. The maximum Gasteiger partial charge on any atom is 0.416 e. The van der Waals surface area contributed by atoms with E-state index in [0.717, 1.165) is 36.5 Å². The number of anilines is 4. The van der Waals surface area contributed by atoms with Gasteiger partial charge >= 0.3 is 6.18 Å². The van der Waals surface area contributed by atoms with Crippen LogP contribution in [0.15, 0.2) is 42.6 Å². The summed E-state index contributed by atoms with van der Waals surface area (Å²) in [6.07, 6.45) is 1.26. The number of benzene rings is 1. The highest BCUT2D eigenvalue weighted by Gasteiger charge is 2.31. The van der Waals surface area contributed by atoms with Crippen molar-refractivity contribution in [2.24, 2.45) is 0 Å². The lowest BCUT2D eigenvalue weighted by atomic mass is 10.0. The first-order chi connectivity index (χ1) is 17.7. The molecular weight excluding hydrogens is 485 g/mol. The molecule has 196 valence electrons. The molecule has 37 heavy (non-hydrogen) atoms. The van der Waals surface area contributed by atoms with Gasteiger partial charge in [-0.2, -0.15) is 23.3 Å². The molecular formula is C25H29F3N8O. The summed E-state index contributed by atoms with van der Waals surface area (Å²) in [5.41, 5.74) is 0.492. The van der Waals surface area contributed by atoms with Crippen molar-refractivity contribution in [2.75, 3.05) is 42.2 Å². The molecule has 1 aliphatic carbocycles. The lowest BCUT2D eigenvalue weighted by molar-refractivity contribution is -0.137. The summed E-state index contributed by atoms with van der Waals surface area (Å²) in [7, 11) is 1.96. The van der Waals surface area contributed by atoms with Crippen LogP contribution >= 0.6 is 0 Å². The van der Waals surface area contributed by atoms with E-state index in [2.05, 4.69) is 30.8 Å². The van der Waals surface area contributed by atoms with Crippen molar-refractivity contribution in [1.82, 2.24) is 25.1 Å². The number of likely N-dealkylation sites (tertiary alicyclic amines) is 1. The zero-order chi connectivity index (χ0) is 26.0. The quantitative estimate of drug-likeness (QED) is 0.410. The Bertz CT molecular complexity index is 1230. The Labute approximate surface area is 212 Å². The minimum Gasteiger partial charge on any atom is -0.341 e. The number of piperidine rings is 1. The highest BCUT2D eigenvalue weighted by Crippen LogP contribution is 2.39. The van der Waals surface area contributed by atoms with Gasteiger partial charge in [0.1, 0.15) is 5.82 Å². The van der Waals surface area contributed by atoms with Crippen LogP contribution in [0, 0.1) is 0 Å². The summed E-state index contributed by atoms with van der Waals surface area (Å²) < 4.78 is 38.7. The highest BCUT2D eigenvalue weighted by molar-refractivity contribution is 5.92. The number of aromatic nitrogens is 4. The predicted molar refractivity (Wildman–Crippen MR) is 134 cm³/mol. The molecule has 2 aliphatic rings. The van der Waals surface area contributed by atoms with Crippen LogP contribution in [0.2, 0.25) is 0 Å². The van der Waals surface area contributed by atoms with E-state index in [4.69, 9.17) is 0 Å². The van der Waals surface area contributed by atoms with Gasteiger partial charge in [0.2, 0.25) is 11.9 Å². The topological polar surface area (TPSA) is 102 Å². The van der Waals surface area contributed by atoms with Gasteiger partial charge < -0.3 is 15.5 Å². The molecule has 1 saturated heterocycles. The van der Waals surface area contributed by atoms with Crippen molar-refractivity contribution < 1.29 is 18.0 Å². The number of hydrogen-bond acceptors (Lipinski definition) is 7. The number of amides is 1. The molecule has 1 aliphatic heterocycles. The summed E-state index contributed by atoms with van der Waals surface area (Å²) >= 11 is 0. The van der Waals surface area contributed by atoms with Gasteiger partial charge in [-0.15, -0.1) is 0 Å². The van der Waals surface area contributed by atoms with E-state index < -0.39 is 11.7 Å². The Balaban J connectivity index is 1.11. The molecule has 9 nitrogen and oxygen atoms in total. The number of alkyl halides is 3. The maximum atomic E-state index is 12.9. The second-order valence-corrected chi connectivity index (χ2v) is 9.59. The van der Waals surface area contributed by atoms with Crippen LogP contribution in [0.5, 0.6) is 0 Å². The predicted octanol–water partition coefficient (Wildman–Crippen LogP) is 4.38. The van der Waals surface area contributed by atoms with Gasteiger partial charge in [-0.1, -0.05) is 6.07 Å². The van der Waals surface area contributed by atoms with Crippen LogP contribution < -0.4 is 15.5 Å². The number of carbonyl (C=O) groups excluding carboxylic acids is 1. The van der Waals surface area contributed by atoms with E-state index in [0.29, 0.717) is 30.8 Å². The van der Waals surface area contributed by atoms with E-state index in [1.165, 1.54) is 25.0 Å². The van der Waals surface area contributed by atoms with Crippen LogP contribution in [-0.2, 0) is 11.0 Å². The molecule has 3 N–H and O–H groups in total. The average molecular weight is 515 g/mol. The number of hydrogen-bond donors (Lipinski definition) is 3. The lowest BCUT2D eigenvalue weighted by Crippen LogP contribution is -2.46. The van der Waals surface area contributed by atoms with Gasteiger partial charge in [-0.25, -0.2) is 4.98 Å². The Morgan fingerprint density at radius 2 is 1.92 bits per heavy atom. The fourth-order valence-electron chi connectivity index (χ4n) is 4.53. The molecule has 1 saturated carbocycles. The van der Waals surface area contributed by atoms with Crippen LogP contribution in [0.3, 0.4) is 0 Å². The minimum absolute atomic E-state index is 0.120. The maximum absolute atomic E-state index is 12.9. The molecule has 5 rings (SSSR count). The number of aromatic amines is 1. The number of H-pyrrole nitrogens is 1. The molecule has 0 unspecified atom stereocenters. The molecule has 3 aromatic rings. The summed E-state index contributed by atoms with van der Waals surface area (Å²) in [6.45, 7) is 1.48. The van der Waals surface area contributed by atoms with Crippen LogP contribution in [0.25, 0.3) is 0 Å². The second-order valence-electron chi connectivity index (χ2n) is 9.59. The van der Waals surface area contributed by atoms with Crippen molar-refractivity contribution >= 4 is 29.2 Å². The van der Waals surface area contributed by atoms with Gasteiger partial charge in [-0.05, 0) is 49.9 Å². The van der Waals surface area contributed by atoms with Crippen molar-refractivity contribution in [3.8, 4) is 0 Å². The SMILES string of the molecule is CN(c1nccc(Nc2cc(C3CC3)[nH]n2)n1)C1CCN(CC(=O)Nc2cccc(C(F)(F)F)c2)CC1. The van der Waals surface area contributed by atoms with Gasteiger partial charge in [-0.3, -0.25) is 14.8 Å².